The summed E-state index contributed by atoms with van der Waals surface area (Å²) in [7, 11) is 0. The quantitative estimate of drug-likeness (QED) is 0.591. The van der Waals surface area contributed by atoms with E-state index in [-0.39, 0.29) is 0 Å². The molecule has 1 saturated carbocycles. The van der Waals surface area contributed by atoms with Crippen LogP contribution < -0.4 is 10.1 Å². The zero-order valence-corrected chi connectivity index (χ0v) is 13.6. The number of rotatable bonds is 8. The number of nitrogens with zero attached hydrogens (tertiary/aromatic N) is 1. The van der Waals surface area contributed by atoms with Crippen LogP contribution in [0.1, 0.15) is 38.2 Å². The van der Waals surface area contributed by atoms with Gasteiger partial charge in [0.25, 0.3) is 0 Å². The molecule has 122 valence electrons. The normalized spacial score (nSPS) is 20.2. The highest BCUT2D eigenvalue weighted by Gasteiger charge is 2.31. The molecule has 1 aliphatic heterocycles. The van der Waals surface area contributed by atoms with Crippen LogP contribution in [0.2, 0.25) is 0 Å². The van der Waals surface area contributed by atoms with E-state index in [1.807, 2.05) is 19.1 Å². The lowest BCUT2D eigenvalue weighted by Crippen LogP contribution is -2.43. The molecule has 1 aromatic rings. The van der Waals surface area contributed by atoms with Crippen molar-refractivity contribution >= 4 is 0 Å². The summed E-state index contributed by atoms with van der Waals surface area (Å²) in [6.07, 6.45) is 5.42. The Kier molecular flexibility index (Phi) is 5.70. The molecule has 0 aromatic heterocycles. The van der Waals surface area contributed by atoms with Gasteiger partial charge in [-0.05, 0) is 63.4 Å². The van der Waals surface area contributed by atoms with E-state index in [9.17, 15) is 0 Å². The second-order valence-electron chi connectivity index (χ2n) is 6.32. The number of hydrogen-bond donors (Lipinski definition) is 1. The third kappa shape index (κ3) is 4.70. The van der Waals surface area contributed by atoms with Gasteiger partial charge in [-0.25, -0.2) is 0 Å². The van der Waals surface area contributed by atoms with Crippen molar-refractivity contribution in [3.8, 4) is 5.75 Å². The molecule has 3 rings (SSSR count). The molecule has 1 aromatic carbocycles. The van der Waals surface area contributed by atoms with E-state index in [2.05, 4.69) is 22.3 Å². The van der Waals surface area contributed by atoms with Crippen molar-refractivity contribution in [2.24, 2.45) is 0 Å². The number of benzene rings is 1. The summed E-state index contributed by atoms with van der Waals surface area (Å²) in [4.78, 5) is 2.67. The van der Waals surface area contributed by atoms with Gasteiger partial charge in [-0.1, -0.05) is 12.1 Å². The molecule has 2 aliphatic rings. The molecular formula is C18H28N2O2. The Bertz CT molecular complexity index is 437. The zero-order chi connectivity index (χ0) is 15.2. The summed E-state index contributed by atoms with van der Waals surface area (Å²) in [5.74, 6) is 0.870. The maximum Gasteiger partial charge on any atom is 0.189 e. The van der Waals surface area contributed by atoms with Crippen molar-refractivity contribution in [2.75, 3.05) is 26.5 Å². The minimum Gasteiger partial charge on any atom is -0.468 e. The van der Waals surface area contributed by atoms with Crippen molar-refractivity contribution in [3.05, 3.63) is 29.8 Å². The van der Waals surface area contributed by atoms with Crippen LogP contribution in [0.15, 0.2) is 24.3 Å². The number of nitrogens with one attached hydrogen (secondary N) is 1. The van der Waals surface area contributed by atoms with Crippen molar-refractivity contribution in [1.29, 1.82) is 0 Å². The predicted octanol–water partition coefficient (Wildman–Crippen LogP) is 2.78. The van der Waals surface area contributed by atoms with Gasteiger partial charge in [0, 0.05) is 25.2 Å². The van der Waals surface area contributed by atoms with Crippen molar-refractivity contribution in [3.63, 3.8) is 0 Å². The summed E-state index contributed by atoms with van der Waals surface area (Å²) in [6, 6.07) is 9.90. The van der Waals surface area contributed by atoms with E-state index in [1.54, 1.807) is 0 Å². The highest BCUT2D eigenvalue weighted by molar-refractivity contribution is 5.27. The number of hydrogen-bond acceptors (Lipinski definition) is 4. The Balaban J connectivity index is 1.36. The Morgan fingerprint density at radius 3 is 2.45 bits per heavy atom. The van der Waals surface area contributed by atoms with Gasteiger partial charge >= 0.3 is 0 Å². The highest BCUT2D eigenvalue weighted by Crippen LogP contribution is 2.29. The van der Waals surface area contributed by atoms with E-state index < -0.39 is 0 Å². The first kappa shape index (κ1) is 15.8. The van der Waals surface area contributed by atoms with Crippen LogP contribution in [0.3, 0.4) is 0 Å². The average Bonchev–Trinajstić information content (AvgIpc) is 3.40. The molecule has 0 spiro atoms. The lowest BCUT2D eigenvalue weighted by atomic mass is 10.0. The molecular weight excluding hydrogens is 276 g/mol. The van der Waals surface area contributed by atoms with Crippen LogP contribution in [0, 0.1) is 0 Å². The molecule has 4 heteroatoms. The predicted molar refractivity (Wildman–Crippen MR) is 88.0 cm³/mol. The lowest BCUT2D eigenvalue weighted by Gasteiger charge is -2.32. The van der Waals surface area contributed by atoms with E-state index in [0.717, 1.165) is 18.3 Å². The molecule has 1 aliphatic carbocycles. The van der Waals surface area contributed by atoms with Crippen LogP contribution in [0.5, 0.6) is 5.75 Å². The van der Waals surface area contributed by atoms with Crippen molar-refractivity contribution in [2.45, 2.75) is 51.2 Å². The van der Waals surface area contributed by atoms with Gasteiger partial charge in [-0.2, -0.15) is 0 Å². The molecule has 0 bridgehead atoms. The Morgan fingerprint density at radius 2 is 1.82 bits per heavy atom. The third-order valence-electron chi connectivity index (χ3n) is 4.62. The van der Waals surface area contributed by atoms with E-state index in [1.165, 1.54) is 44.3 Å². The highest BCUT2D eigenvalue weighted by atomic mass is 16.7. The summed E-state index contributed by atoms with van der Waals surface area (Å²) in [5.41, 5.74) is 1.31. The molecule has 1 saturated heterocycles. The monoisotopic (exact) mass is 304 g/mol. The van der Waals surface area contributed by atoms with Crippen molar-refractivity contribution in [1.82, 2.24) is 10.2 Å². The Labute approximate surface area is 133 Å². The molecule has 0 atom stereocenters. The van der Waals surface area contributed by atoms with Crippen LogP contribution in [-0.4, -0.2) is 43.5 Å². The lowest BCUT2D eigenvalue weighted by molar-refractivity contribution is 0.0224. The van der Waals surface area contributed by atoms with Crippen LogP contribution in [-0.2, 0) is 11.3 Å². The Morgan fingerprint density at radius 1 is 1.09 bits per heavy atom. The minimum absolute atomic E-state index is 0.327. The molecule has 1 N–H and O–H groups in total. The molecule has 22 heavy (non-hydrogen) atoms. The van der Waals surface area contributed by atoms with E-state index in [4.69, 9.17) is 9.47 Å². The molecule has 2 fully saturated rings. The molecule has 4 nitrogen and oxygen atoms in total. The van der Waals surface area contributed by atoms with Crippen LogP contribution in [0.25, 0.3) is 0 Å². The van der Waals surface area contributed by atoms with E-state index >= 15 is 0 Å². The van der Waals surface area contributed by atoms with E-state index in [0.29, 0.717) is 19.4 Å². The number of ether oxygens (including phenoxy) is 2. The summed E-state index contributed by atoms with van der Waals surface area (Å²) in [6.45, 7) is 6.46. The van der Waals surface area contributed by atoms with Crippen LogP contribution >= 0.6 is 0 Å². The van der Waals surface area contributed by atoms with Gasteiger partial charge in [0.15, 0.2) is 6.79 Å². The Hall–Kier alpha value is -1.10. The second kappa shape index (κ2) is 7.95. The average molecular weight is 304 g/mol. The standard InChI is InChI=1S/C18H28N2O2/c1-2-21-14-22-18-7-3-15(4-8-18)13-19-16-9-11-20(12-10-16)17-5-6-17/h3-4,7-8,16-17,19H,2,5-6,9-14H2,1H3. The second-order valence-corrected chi connectivity index (χ2v) is 6.32. The number of piperidine rings is 1. The maximum absolute atomic E-state index is 5.49. The molecule has 0 amide bonds. The fourth-order valence-electron chi connectivity index (χ4n) is 3.07. The van der Waals surface area contributed by atoms with Gasteiger partial charge in [0.2, 0.25) is 0 Å². The van der Waals surface area contributed by atoms with Gasteiger partial charge in [0.05, 0.1) is 0 Å². The molecule has 0 unspecified atom stereocenters. The van der Waals surface area contributed by atoms with Crippen molar-refractivity contribution < 1.29 is 9.47 Å². The largest absolute Gasteiger partial charge is 0.468 e. The van der Waals surface area contributed by atoms with Gasteiger partial charge in [-0.15, -0.1) is 0 Å². The molecule has 1 heterocycles. The summed E-state index contributed by atoms with van der Waals surface area (Å²) < 4.78 is 10.7. The summed E-state index contributed by atoms with van der Waals surface area (Å²) in [5, 5.41) is 3.70. The SMILES string of the molecule is CCOCOc1ccc(CNC2CCN(C3CC3)CC2)cc1. The fourth-order valence-corrected chi connectivity index (χ4v) is 3.07. The molecule has 0 radical (unpaired) electrons. The maximum atomic E-state index is 5.49. The first-order valence-electron chi connectivity index (χ1n) is 8.62. The fraction of sp³-hybridized carbons (Fsp3) is 0.667. The first-order chi connectivity index (χ1) is 10.8. The zero-order valence-electron chi connectivity index (χ0n) is 13.6. The van der Waals surface area contributed by atoms with Gasteiger partial charge in [-0.3, -0.25) is 0 Å². The van der Waals surface area contributed by atoms with Gasteiger partial charge in [0.1, 0.15) is 5.75 Å². The number of likely N-dealkylation sites (tertiary alicyclic amines) is 1. The van der Waals surface area contributed by atoms with Gasteiger partial charge < -0.3 is 19.7 Å². The minimum atomic E-state index is 0.327. The topological polar surface area (TPSA) is 33.7 Å². The van der Waals surface area contributed by atoms with Crippen LogP contribution in [0.4, 0.5) is 0 Å². The first-order valence-corrected chi connectivity index (χ1v) is 8.62. The smallest absolute Gasteiger partial charge is 0.189 e. The summed E-state index contributed by atoms with van der Waals surface area (Å²) >= 11 is 0. The third-order valence-corrected chi connectivity index (χ3v) is 4.62.